The fraction of sp³-hybridized carbons (Fsp3) is 0.259. The first kappa shape index (κ1) is 29.9. The van der Waals surface area contributed by atoms with Crippen LogP contribution in [0.15, 0.2) is 64.7 Å². The Morgan fingerprint density at radius 1 is 1.12 bits per heavy atom. The van der Waals surface area contributed by atoms with E-state index < -0.39 is 21.8 Å². The molecule has 0 aliphatic carbocycles. The normalized spacial score (nSPS) is 12.2. The summed E-state index contributed by atoms with van der Waals surface area (Å²) in [6, 6.07) is 9.40. The average molecular weight is 604 g/mol. The lowest BCUT2D eigenvalue weighted by atomic mass is 10.0. The number of halogens is 2. The standard InChI is InChI=1S/C27H27ClFN5O6S/c1-16(25(35)30-8-9-39-2)14-34-15-32-22-6-4-17(10-20(22)27(34)36)18-11-23(26(40-3)31-13-18)33-41(37,38)24-7-5-19(29)12-21(24)28/h4-7,10-13,15-16,33H,8-9,14H2,1-3H3,(H,30,35)/t16-/m1/s1. The van der Waals surface area contributed by atoms with E-state index in [0.29, 0.717) is 35.2 Å². The van der Waals surface area contributed by atoms with Gasteiger partial charge in [-0.15, -0.1) is 0 Å². The van der Waals surface area contributed by atoms with Gasteiger partial charge in [-0.3, -0.25) is 18.9 Å². The molecule has 0 fully saturated rings. The number of aromatic nitrogens is 3. The molecule has 4 rings (SSSR count). The van der Waals surface area contributed by atoms with Crippen molar-refractivity contribution >= 4 is 44.1 Å². The van der Waals surface area contributed by atoms with Crippen LogP contribution in [0.4, 0.5) is 10.1 Å². The fourth-order valence-corrected chi connectivity index (χ4v) is 5.62. The van der Waals surface area contributed by atoms with Gasteiger partial charge in [-0.25, -0.2) is 22.8 Å². The number of ether oxygens (including phenoxy) is 2. The minimum Gasteiger partial charge on any atom is -0.480 e. The molecular weight excluding hydrogens is 577 g/mol. The van der Waals surface area contributed by atoms with Crippen molar-refractivity contribution < 1.29 is 27.1 Å². The number of fused-ring (bicyclic) bond motifs is 1. The zero-order valence-corrected chi connectivity index (χ0v) is 23.9. The number of carbonyl (C=O) groups excluding carboxylic acids is 1. The highest BCUT2D eigenvalue weighted by Crippen LogP contribution is 2.32. The number of methoxy groups -OCH3 is 2. The number of amides is 1. The summed E-state index contributed by atoms with van der Waals surface area (Å²) in [4.78, 5) is 33.9. The fourth-order valence-electron chi connectivity index (χ4n) is 4.04. The van der Waals surface area contributed by atoms with Crippen molar-refractivity contribution in [1.82, 2.24) is 19.9 Å². The second kappa shape index (κ2) is 12.6. The van der Waals surface area contributed by atoms with Gasteiger partial charge in [0.1, 0.15) is 16.4 Å². The molecular formula is C27H27ClFN5O6S. The maximum absolute atomic E-state index is 13.5. The van der Waals surface area contributed by atoms with E-state index >= 15 is 0 Å². The summed E-state index contributed by atoms with van der Waals surface area (Å²) in [5, 5.41) is 2.76. The highest BCUT2D eigenvalue weighted by Gasteiger charge is 2.22. The van der Waals surface area contributed by atoms with E-state index in [4.69, 9.17) is 21.1 Å². The predicted octanol–water partition coefficient (Wildman–Crippen LogP) is 3.46. The summed E-state index contributed by atoms with van der Waals surface area (Å²) in [7, 11) is -1.37. The largest absolute Gasteiger partial charge is 0.480 e. The molecule has 2 aromatic heterocycles. The summed E-state index contributed by atoms with van der Waals surface area (Å²) in [5.41, 5.74) is 1.12. The van der Waals surface area contributed by atoms with Gasteiger partial charge in [0.05, 0.1) is 41.9 Å². The highest BCUT2D eigenvalue weighted by molar-refractivity contribution is 7.92. The molecule has 14 heteroatoms. The van der Waals surface area contributed by atoms with Crippen molar-refractivity contribution in [1.29, 1.82) is 0 Å². The van der Waals surface area contributed by atoms with Crippen LogP contribution < -0.4 is 20.3 Å². The van der Waals surface area contributed by atoms with Crippen molar-refractivity contribution in [2.45, 2.75) is 18.4 Å². The van der Waals surface area contributed by atoms with Crippen molar-refractivity contribution in [3.05, 3.63) is 76.2 Å². The summed E-state index contributed by atoms with van der Waals surface area (Å²) in [6.45, 7) is 2.56. The molecule has 0 aliphatic rings. The van der Waals surface area contributed by atoms with Crippen LogP contribution in [0.3, 0.4) is 0 Å². The molecule has 11 nitrogen and oxygen atoms in total. The Morgan fingerprint density at radius 2 is 1.90 bits per heavy atom. The van der Waals surface area contributed by atoms with E-state index in [-0.39, 0.29) is 39.5 Å². The third-order valence-corrected chi connectivity index (χ3v) is 8.00. The average Bonchev–Trinajstić information content (AvgIpc) is 2.94. The lowest BCUT2D eigenvalue weighted by Crippen LogP contribution is -2.35. The topological polar surface area (TPSA) is 142 Å². The number of carbonyl (C=O) groups is 1. The van der Waals surface area contributed by atoms with Crippen LogP contribution in [0.5, 0.6) is 5.88 Å². The first-order chi connectivity index (χ1) is 19.5. The van der Waals surface area contributed by atoms with Crippen LogP contribution in [-0.4, -0.2) is 56.2 Å². The molecule has 1 amide bonds. The van der Waals surface area contributed by atoms with Gasteiger partial charge < -0.3 is 14.8 Å². The third-order valence-electron chi connectivity index (χ3n) is 6.15. The minimum atomic E-state index is -4.24. The lowest BCUT2D eigenvalue weighted by Gasteiger charge is -2.15. The third kappa shape index (κ3) is 6.81. The van der Waals surface area contributed by atoms with Crippen LogP contribution in [0.25, 0.3) is 22.0 Å². The number of nitrogens with one attached hydrogen (secondary N) is 2. The number of hydrogen-bond donors (Lipinski definition) is 2. The predicted molar refractivity (Wildman–Crippen MR) is 152 cm³/mol. The number of benzene rings is 2. The Morgan fingerprint density at radius 3 is 2.61 bits per heavy atom. The van der Waals surface area contributed by atoms with Crippen molar-refractivity contribution in [2.24, 2.45) is 5.92 Å². The molecule has 0 bridgehead atoms. The van der Waals surface area contributed by atoms with Gasteiger partial charge in [-0.2, -0.15) is 0 Å². The van der Waals surface area contributed by atoms with E-state index in [0.717, 1.165) is 18.2 Å². The SMILES string of the molecule is COCCNC(=O)[C@H](C)Cn1cnc2ccc(-c3cnc(OC)c(NS(=O)(=O)c4ccc(F)cc4Cl)c3)cc2c1=O. The molecule has 2 N–H and O–H groups in total. The van der Waals surface area contributed by atoms with Crippen LogP contribution in [0, 0.1) is 11.7 Å². The van der Waals surface area contributed by atoms with Crippen molar-refractivity contribution in [3.8, 4) is 17.0 Å². The van der Waals surface area contributed by atoms with E-state index in [1.807, 2.05) is 0 Å². The number of pyridine rings is 1. The summed E-state index contributed by atoms with van der Waals surface area (Å²) >= 11 is 5.97. The van der Waals surface area contributed by atoms with Crippen molar-refractivity contribution in [3.63, 3.8) is 0 Å². The zero-order valence-electron chi connectivity index (χ0n) is 22.4. The van der Waals surface area contributed by atoms with Gasteiger partial charge in [-0.05, 0) is 42.0 Å². The number of anilines is 1. The maximum Gasteiger partial charge on any atom is 0.263 e. The molecule has 0 aliphatic heterocycles. The number of nitrogens with zero attached hydrogens (tertiary/aromatic N) is 3. The molecule has 0 unspecified atom stereocenters. The zero-order chi connectivity index (χ0) is 29.7. The number of sulfonamides is 1. The quantitative estimate of drug-likeness (QED) is 0.248. The smallest absolute Gasteiger partial charge is 0.263 e. The first-order valence-electron chi connectivity index (χ1n) is 12.3. The Labute approximate surface area is 240 Å². The van der Waals surface area contributed by atoms with E-state index in [9.17, 15) is 22.4 Å². The summed E-state index contributed by atoms with van der Waals surface area (Å²) in [5.74, 6) is -1.41. The summed E-state index contributed by atoms with van der Waals surface area (Å²) < 4.78 is 53.4. The summed E-state index contributed by atoms with van der Waals surface area (Å²) in [6.07, 6.45) is 2.86. The second-order valence-electron chi connectivity index (χ2n) is 9.08. The Kier molecular flexibility index (Phi) is 9.21. The van der Waals surface area contributed by atoms with Crippen LogP contribution in [0.1, 0.15) is 6.92 Å². The van der Waals surface area contributed by atoms with Gasteiger partial charge in [0, 0.05) is 32.0 Å². The van der Waals surface area contributed by atoms with Gasteiger partial charge >= 0.3 is 0 Å². The maximum atomic E-state index is 13.5. The molecule has 0 radical (unpaired) electrons. The Hall–Kier alpha value is -4.07. The molecule has 2 heterocycles. The Bertz CT molecular complexity index is 1770. The van der Waals surface area contributed by atoms with Gasteiger partial charge in [0.15, 0.2) is 0 Å². The molecule has 216 valence electrons. The van der Waals surface area contributed by atoms with Crippen molar-refractivity contribution in [2.75, 3.05) is 32.1 Å². The van der Waals surface area contributed by atoms with E-state index in [1.54, 1.807) is 25.1 Å². The minimum absolute atomic E-state index is 0.00222. The van der Waals surface area contributed by atoms with Crippen LogP contribution >= 0.6 is 11.6 Å². The van der Waals surface area contributed by atoms with E-state index in [1.165, 1.54) is 37.4 Å². The molecule has 4 aromatic rings. The molecule has 2 aromatic carbocycles. The van der Waals surface area contributed by atoms with Gasteiger partial charge in [0.25, 0.3) is 15.6 Å². The second-order valence-corrected chi connectivity index (χ2v) is 11.1. The monoisotopic (exact) mass is 603 g/mol. The molecule has 0 spiro atoms. The van der Waals surface area contributed by atoms with Crippen LogP contribution in [0.2, 0.25) is 5.02 Å². The van der Waals surface area contributed by atoms with E-state index in [2.05, 4.69) is 20.0 Å². The number of rotatable bonds is 11. The van der Waals surface area contributed by atoms with Gasteiger partial charge in [-0.1, -0.05) is 24.6 Å². The van der Waals surface area contributed by atoms with Gasteiger partial charge in [0.2, 0.25) is 11.8 Å². The highest BCUT2D eigenvalue weighted by atomic mass is 35.5. The lowest BCUT2D eigenvalue weighted by molar-refractivity contribution is -0.125. The molecule has 0 saturated carbocycles. The first-order valence-corrected chi connectivity index (χ1v) is 14.2. The Balaban J connectivity index is 1.66. The molecule has 1 atom stereocenters. The molecule has 41 heavy (non-hydrogen) atoms. The molecule has 0 saturated heterocycles. The van der Waals surface area contributed by atoms with Crippen LogP contribution in [-0.2, 0) is 26.1 Å². The number of hydrogen-bond acceptors (Lipinski definition) is 8.